The molecule has 2 aromatic carbocycles. The van der Waals surface area contributed by atoms with Gasteiger partial charge in [0.2, 0.25) is 0 Å². The van der Waals surface area contributed by atoms with Gasteiger partial charge in [-0.3, -0.25) is 0 Å². The molecule has 14 heteroatoms. The highest BCUT2D eigenvalue weighted by molar-refractivity contribution is 7.09. The third-order valence-electron chi connectivity index (χ3n) is 5.30. The Morgan fingerprint density at radius 3 is 2.03 bits per heavy atom. The number of benzene rings is 2. The first-order chi connectivity index (χ1) is 16.6. The van der Waals surface area contributed by atoms with Crippen molar-refractivity contribution in [2.24, 2.45) is 0 Å². The predicted octanol–water partition coefficient (Wildman–Crippen LogP) is 7.44. The zero-order valence-electron chi connectivity index (χ0n) is 17.8. The Hall–Kier alpha value is -3.60. The Labute approximate surface area is 200 Å². The number of fused-ring (bicyclic) bond motifs is 1. The topological polar surface area (TPSA) is 54.5 Å². The summed E-state index contributed by atoms with van der Waals surface area (Å²) in [4.78, 5) is 4.03. The molecule has 0 aliphatic carbocycles. The summed E-state index contributed by atoms with van der Waals surface area (Å²) in [5.41, 5.74) is -4.69. The van der Waals surface area contributed by atoms with Gasteiger partial charge in [-0.1, -0.05) is 0 Å². The van der Waals surface area contributed by atoms with Gasteiger partial charge in [0, 0.05) is 22.2 Å². The molecule has 0 bridgehead atoms. The Morgan fingerprint density at radius 2 is 1.50 bits per heavy atom. The molecular weight excluding hydrogens is 523 g/mol. The summed E-state index contributed by atoms with van der Waals surface area (Å²) >= 11 is 0.556. The summed E-state index contributed by atoms with van der Waals surface area (Å²) in [6.07, 6.45) is -14.9. The maximum absolute atomic E-state index is 13.6. The molecule has 0 aliphatic heterocycles. The minimum Gasteiger partial charge on any atom is -0.337 e. The van der Waals surface area contributed by atoms with Crippen LogP contribution in [0.5, 0.6) is 0 Å². The Balaban J connectivity index is 1.77. The van der Waals surface area contributed by atoms with Crippen molar-refractivity contribution in [3.05, 3.63) is 70.2 Å². The summed E-state index contributed by atoms with van der Waals surface area (Å²) < 4.78 is 125. The molecule has 0 spiro atoms. The fraction of sp³-hybridized carbons (Fsp3) is 0.227. The van der Waals surface area contributed by atoms with Gasteiger partial charge in [0.25, 0.3) is 0 Å². The number of rotatable bonds is 3. The van der Waals surface area contributed by atoms with Crippen LogP contribution >= 0.6 is 11.5 Å². The second-order valence-electron chi connectivity index (χ2n) is 7.71. The zero-order valence-corrected chi connectivity index (χ0v) is 18.6. The molecule has 0 N–H and O–H groups in total. The highest BCUT2D eigenvalue weighted by atomic mass is 32.1. The Kier molecular flexibility index (Phi) is 6.02. The normalized spacial score (nSPS) is 12.8. The maximum atomic E-state index is 13.6. The molecule has 0 radical (unpaired) electrons. The number of alkyl halides is 9. The van der Waals surface area contributed by atoms with E-state index in [-0.39, 0.29) is 34.3 Å². The van der Waals surface area contributed by atoms with Crippen LogP contribution in [0.15, 0.2) is 36.4 Å². The van der Waals surface area contributed by atoms with Crippen molar-refractivity contribution in [1.29, 1.82) is 5.26 Å². The van der Waals surface area contributed by atoms with Crippen molar-refractivity contribution in [1.82, 2.24) is 13.9 Å². The molecule has 0 saturated heterocycles. The molecule has 0 aliphatic rings. The smallest absolute Gasteiger partial charge is 0.337 e. The van der Waals surface area contributed by atoms with Gasteiger partial charge in [-0.15, -0.1) is 0 Å². The number of aromatic nitrogens is 3. The molecule has 36 heavy (non-hydrogen) atoms. The first-order valence-electron chi connectivity index (χ1n) is 9.82. The number of nitriles is 1. The van der Waals surface area contributed by atoms with E-state index in [0.29, 0.717) is 29.4 Å². The first kappa shape index (κ1) is 25.5. The Bertz CT molecular complexity index is 1470. The minimum atomic E-state index is -5.04. The quantitative estimate of drug-likeness (QED) is 0.257. The standard InChI is InChI=1S/C22H11F9N4S/c1-10-4-15-16(3-2-11(8-32)18(15)22(29,30)31)35(10)9-17-33-19(36-34-17)12-5-13(20(23,24)25)7-14(6-12)21(26,27)28/h2-7H,9H2,1H3. The molecule has 0 fully saturated rings. The summed E-state index contributed by atoms with van der Waals surface area (Å²) in [5.74, 6) is -0.0283. The number of nitrogens with zero attached hydrogens (tertiary/aromatic N) is 4. The van der Waals surface area contributed by atoms with Crippen LogP contribution in [0.1, 0.15) is 33.8 Å². The van der Waals surface area contributed by atoms with E-state index in [1.807, 2.05) is 0 Å². The molecule has 2 aromatic heterocycles. The SMILES string of the molecule is Cc1cc2c(C(F)(F)F)c(C#N)ccc2n1Cc1nsc(-c2cc(C(F)(F)F)cc(C(F)(F)F)c2)n1. The van der Waals surface area contributed by atoms with Crippen LogP contribution in [-0.2, 0) is 25.1 Å². The fourth-order valence-corrected chi connectivity index (χ4v) is 4.39. The van der Waals surface area contributed by atoms with Gasteiger partial charge in [-0.05, 0) is 54.9 Å². The van der Waals surface area contributed by atoms with Crippen LogP contribution in [-0.4, -0.2) is 13.9 Å². The third kappa shape index (κ3) is 4.75. The van der Waals surface area contributed by atoms with Crippen LogP contribution < -0.4 is 0 Å². The van der Waals surface area contributed by atoms with E-state index in [4.69, 9.17) is 5.26 Å². The van der Waals surface area contributed by atoms with E-state index in [1.54, 1.807) is 0 Å². The highest BCUT2D eigenvalue weighted by Gasteiger charge is 2.38. The molecular formula is C22H11F9N4S. The molecule has 2 heterocycles. The van der Waals surface area contributed by atoms with Crippen molar-refractivity contribution in [3.63, 3.8) is 0 Å². The second kappa shape index (κ2) is 8.51. The van der Waals surface area contributed by atoms with E-state index in [1.165, 1.54) is 29.7 Å². The van der Waals surface area contributed by atoms with E-state index in [0.717, 1.165) is 6.07 Å². The monoisotopic (exact) mass is 534 g/mol. The lowest BCUT2D eigenvalue weighted by atomic mass is 10.0. The van der Waals surface area contributed by atoms with E-state index < -0.39 is 46.3 Å². The van der Waals surface area contributed by atoms with E-state index in [9.17, 15) is 39.5 Å². The van der Waals surface area contributed by atoms with E-state index in [2.05, 4.69) is 9.36 Å². The van der Waals surface area contributed by atoms with Crippen molar-refractivity contribution in [2.75, 3.05) is 0 Å². The lowest BCUT2D eigenvalue weighted by Crippen LogP contribution is -2.11. The molecule has 0 unspecified atom stereocenters. The summed E-state index contributed by atoms with van der Waals surface area (Å²) in [5, 5.41) is 8.63. The van der Waals surface area contributed by atoms with Gasteiger partial charge in [0.1, 0.15) is 5.01 Å². The summed E-state index contributed by atoms with van der Waals surface area (Å²) in [6.45, 7) is 1.29. The molecule has 0 atom stereocenters. The van der Waals surface area contributed by atoms with Gasteiger partial charge < -0.3 is 4.57 Å². The highest BCUT2D eigenvalue weighted by Crippen LogP contribution is 2.40. The van der Waals surface area contributed by atoms with Crippen LogP contribution in [0, 0.1) is 18.3 Å². The first-order valence-corrected chi connectivity index (χ1v) is 10.6. The molecule has 0 amide bonds. The van der Waals surface area contributed by atoms with Gasteiger partial charge in [-0.25, -0.2) is 4.98 Å². The van der Waals surface area contributed by atoms with Crippen LogP contribution in [0.2, 0.25) is 0 Å². The van der Waals surface area contributed by atoms with Gasteiger partial charge >= 0.3 is 18.5 Å². The lowest BCUT2D eigenvalue weighted by Gasteiger charge is -2.13. The number of hydrogen-bond acceptors (Lipinski definition) is 4. The Morgan fingerprint density at radius 1 is 0.889 bits per heavy atom. The summed E-state index contributed by atoms with van der Waals surface area (Å²) in [7, 11) is 0. The fourth-order valence-electron chi connectivity index (χ4n) is 3.73. The van der Waals surface area contributed by atoms with Crippen LogP contribution in [0.25, 0.3) is 21.5 Å². The molecule has 4 nitrogen and oxygen atoms in total. The van der Waals surface area contributed by atoms with Crippen LogP contribution in [0.4, 0.5) is 39.5 Å². The van der Waals surface area contributed by atoms with Crippen LogP contribution in [0.3, 0.4) is 0 Å². The molecule has 188 valence electrons. The summed E-state index contributed by atoms with van der Waals surface area (Å²) in [6, 6.07) is 6.11. The van der Waals surface area contributed by atoms with Crippen molar-refractivity contribution >= 4 is 22.4 Å². The van der Waals surface area contributed by atoms with Gasteiger partial charge in [0.15, 0.2) is 5.82 Å². The minimum absolute atomic E-state index is 0.00546. The van der Waals surface area contributed by atoms with Gasteiger partial charge in [0.05, 0.1) is 34.9 Å². The number of hydrogen-bond donors (Lipinski definition) is 0. The average molecular weight is 534 g/mol. The molecule has 4 aromatic rings. The second-order valence-corrected chi connectivity index (χ2v) is 8.46. The van der Waals surface area contributed by atoms with E-state index >= 15 is 0 Å². The average Bonchev–Trinajstić information content (AvgIpc) is 3.35. The third-order valence-corrected chi connectivity index (χ3v) is 6.10. The lowest BCUT2D eigenvalue weighted by molar-refractivity contribution is -0.143. The molecule has 0 saturated carbocycles. The maximum Gasteiger partial charge on any atom is 0.418 e. The number of halogens is 9. The van der Waals surface area contributed by atoms with Crippen molar-refractivity contribution in [2.45, 2.75) is 32.0 Å². The largest absolute Gasteiger partial charge is 0.418 e. The number of aryl methyl sites for hydroxylation is 1. The van der Waals surface area contributed by atoms with Gasteiger partial charge in [-0.2, -0.15) is 49.1 Å². The zero-order chi connectivity index (χ0) is 26.6. The van der Waals surface area contributed by atoms with Crippen molar-refractivity contribution in [3.8, 4) is 16.6 Å². The van der Waals surface area contributed by atoms with Crippen molar-refractivity contribution < 1.29 is 39.5 Å². The molecule has 4 rings (SSSR count). The predicted molar refractivity (Wildman–Crippen MR) is 111 cm³/mol.